The van der Waals surface area contributed by atoms with Gasteiger partial charge >= 0.3 is 0 Å². The standard InChI is InChI=1S/C24H25F2N5O2/c1-31(19-10-15-4-6-17(29-15)24(19)26)22-12-27-18(11-28-22)16-5-3-13(7-20(16)32)14-8-21(25)30-23(9-14)33-2/h3,5,7-9,11-12,15,17,19,24,29,32H,4,6,10H2,1-2H3/t15-,17+,19-,24+/m0/s1. The van der Waals surface area contributed by atoms with Gasteiger partial charge in [-0.25, -0.2) is 9.37 Å². The molecule has 9 heteroatoms. The van der Waals surface area contributed by atoms with Crippen LogP contribution in [0.1, 0.15) is 19.3 Å². The Morgan fingerprint density at radius 1 is 1.12 bits per heavy atom. The van der Waals surface area contributed by atoms with Crippen molar-refractivity contribution < 1.29 is 18.6 Å². The molecule has 0 radical (unpaired) electrons. The maximum absolute atomic E-state index is 14.9. The number of aromatic hydroxyl groups is 1. The van der Waals surface area contributed by atoms with Gasteiger partial charge in [-0.15, -0.1) is 0 Å². The van der Waals surface area contributed by atoms with E-state index in [0.717, 1.165) is 19.3 Å². The number of ether oxygens (including phenoxy) is 1. The van der Waals surface area contributed by atoms with Gasteiger partial charge in [0.25, 0.3) is 0 Å². The fourth-order valence-electron chi connectivity index (χ4n) is 4.83. The van der Waals surface area contributed by atoms with Crippen LogP contribution in [0.3, 0.4) is 0 Å². The highest BCUT2D eigenvalue weighted by Crippen LogP contribution is 2.35. The van der Waals surface area contributed by atoms with Crippen molar-refractivity contribution in [3.8, 4) is 34.0 Å². The summed E-state index contributed by atoms with van der Waals surface area (Å²) in [6, 6.07) is 7.87. The van der Waals surface area contributed by atoms with Crippen LogP contribution >= 0.6 is 0 Å². The number of pyridine rings is 1. The summed E-state index contributed by atoms with van der Waals surface area (Å²) < 4.78 is 33.7. The molecular weight excluding hydrogens is 428 g/mol. The Bertz CT molecular complexity index is 1160. The number of methoxy groups -OCH3 is 1. The molecule has 2 saturated heterocycles. The Hall–Kier alpha value is -3.33. The van der Waals surface area contributed by atoms with E-state index in [4.69, 9.17) is 4.74 Å². The summed E-state index contributed by atoms with van der Waals surface area (Å²) >= 11 is 0. The summed E-state index contributed by atoms with van der Waals surface area (Å²) in [5, 5.41) is 14.0. The van der Waals surface area contributed by atoms with Gasteiger partial charge in [-0.2, -0.15) is 9.37 Å². The lowest BCUT2D eigenvalue weighted by atomic mass is 9.96. The molecule has 0 aliphatic carbocycles. The number of piperidine rings is 1. The number of benzene rings is 1. The molecule has 3 aromatic rings. The van der Waals surface area contributed by atoms with E-state index in [0.29, 0.717) is 34.2 Å². The van der Waals surface area contributed by atoms with Crippen LogP contribution in [0.4, 0.5) is 14.6 Å². The Labute approximate surface area is 190 Å². The third kappa shape index (κ3) is 4.08. The largest absolute Gasteiger partial charge is 0.507 e. The Balaban J connectivity index is 1.36. The van der Waals surface area contributed by atoms with E-state index >= 15 is 0 Å². The molecule has 2 bridgehead atoms. The van der Waals surface area contributed by atoms with Crippen molar-refractivity contribution in [3.05, 3.63) is 48.7 Å². The minimum Gasteiger partial charge on any atom is -0.507 e. The van der Waals surface area contributed by atoms with Crippen molar-refractivity contribution in [1.82, 2.24) is 20.3 Å². The number of anilines is 1. The van der Waals surface area contributed by atoms with Crippen molar-refractivity contribution in [1.29, 1.82) is 0 Å². The molecule has 4 atom stereocenters. The molecule has 172 valence electrons. The third-order valence-electron chi connectivity index (χ3n) is 6.64. The smallest absolute Gasteiger partial charge is 0.216 e. The summed E-state index contributed by atoms with van der Waals surface area (Å²) in [6.07, 6.45) is 4.83. The summed E-state index contributed by atoms with van der Waals surface area (Å²) in [5.41, 5.74) is 2.11. The maximum Gasteiger partial charge on any atom is 0.216 e. The second-order valence-corrected chi connectivity index (χ2v) is 8.62. The quantitative estimate of drug-likeness (QED) is 0.570. The van der Waals surface area contributed by atoms with Gasteiger partial charge in [0, 0.05) is 36.8 Å². The lowest BCUT2D eigenvalue weighted by molar-refractivity contribution is 0.176. The lowest BCUT2D eigenvalue weighted by Crippen LogP contribution is -2.55. The zero-order valence-electron chi connectivity index (χ0n) is 18.4. The molecule has 2 fully saturated rings. The van der Waals surface area contributed by atoms with Crippen molar-refractivity contribution in [3.63, 3.8) is 0 Å². The zero-order valence-corrected chi connectivity index (χ0v) is 18.4. The number of phenolic OH excluding ortho intramolecular Hbond substituents is 1. The molecule has 7 nitrogen and oxygen atoms in total. The Kier molecular flexibility index (Phi) is 5.57. The molecule has 33 heavy (non-hydrogen) atoms. The second-order valence-electron chi connectivity index (χ2n) is 8.62. The number of nitrogens with zero attached hydrogens (tertiary/aromatic N) is 4. The van der Waals surface area contributed by atoms with Gasteiger partial charge in [-0.1, -0.05) is 6.07 Å². The third-order valence-corrected chi connectivity index (χ3v) is 6.64. The highest BCUT2D eigenvalue weighted by Gasteiger charge is 2.43. The predicted octanol–water partition coefficient (Wildman–Crippen LogP) is 3.73. The van der Waals surface area contributed by atoms with Crippen LogP contribution in [-0.2, 0) is 0 Å². The van der Waals surface area contributed by atoms with E-state index < -0.39 is 12.1 Å². The van der Waals surface area contributed by atoms with Gasteiger partial charge in [0.1, 0.15) is 17.7 Å². The lowest BCUT2D eigenvalue weighted by Gasteiger charge is -2.38. The van der Waals surface area contributed by atoms with Gasteiger partial charge in [0.15, 0.2) is 0 Å². The number of hydrogen-bond acceptors (Lipinski definition) is 7. The maximum atomic E-state index is 14.9. The average molecular weight is 453 g/mol. The minimum atomic E-state index is -0.955. The fraction of sp³-hybridized carbons (Fsp3) is 0.375. The van der Waals surface area contributed by atoms with E-state index in [2.05, 4.69) is 20.3 Å². The summed E-state index contributed by atoms with van der Waals surface area (Å²) in [4.78, 5) is 14.4. The number of alkyl halides is 1. The molecule has 0 saturated carbocycles. The number of aromatic nitrogens is 3. The van der Waals surface area contributed by atoms with Crippen LogP contribution in [0, 0.1) is 5.95 Å². The number of rotatable bonds is 5. The second kappa shape index (κ2) is 8.55. The predicted molar refractivity (Wildman–Crippen MR) is 121 cm³/mol. The highest BCUT2D eigenvalue weighted by atomic mass is 19.1. The van der Waals surface area contributed by atoms with Gasteiger partial charge < -0.3 is 20.1 Å². The van der Waals surface area contributed by atoms with Gasteiger partial charge in [-0.3, -0.25) is 4.98 Å². The van der Waals surface area contributed by atoms with Crippen molar-refractivity contribution in [2.75, 3.05) is 19.1 Å². The van der Waals surface area contributed by atoms with E-state index in [1.807, 2.05) is 11.9 Å². The molecule has 2 aromatic heterocycles. The first-order valence-electron chi connectivity index (χ1n) is 10.9. The average Bonchev–Trinajstić information content (AvgIpc) is 3.24. The molecule has 0 unspecified atom stereocenters. The summed E-state index contributed by atoms with van der Waals surface area (Å²) in [5.74, 6) is 0.0492. The molecule has 4 heterocycles. The zero-order chi connectivity index (χ0) is 23.1. The number of halogens is 2. The van der Waals surface area contributed by atoms with Crippen molar-refractivity contribution >= 4 is 5.82 Å². The van der Waals surface area contributed by atoms with Crippen LogP contribution < -0.4 is 15.0 Å². The van der Waals surface area contributed by atoms with E-state index in [9.17, 15) is 13.9 Å². The molecule has 2 aliphatic heterocycles. The van der Waals surface area contributed by atoms with Crippen molar-refractivity contribution in [2.45, 2.75) is 43.6 Å². The van der Waals surface area contributed by atoms with E-state index in [1.54, 1.807) is 30.6 Å². The molecule has 1 aromatic carbocycles. The topological polar surface area (TPSA) is 83.4 Å². The van der Waals surface area contributed by atoms with E-state index in [1.165, 1.54) is 19.2 Å². The Morgan fingerprint density at radius 3 is 2.70 bits per heavy atom. The molecule has 0 amide bonds. The number of phenols is 1. The molecule has 5 rings (SSSR count). The van der Waals surface area contributed by atoms with Crippen LogP contribution in [0.15, 0.2) is 42.7 Å². The molecule has 2 N–H and O–H groups in total. The molecule has 2 aliphatic rings. The summed E-state index contributed by atoms with van der Waals surface area (Å²) in [7, 11) is 3.26. The van der Waals surface area contributed by atoms with E-state index in [-0.39, 0.29) is 23.7 Å². The van der Waals surface area contributed by atoms with Gasteiger partial charge in [0.2, 0.25) is 11.8 Å². The number of nitrogens with one attached hydrogen (secondary N) is 1. The fourth-order valence-corrected chi connectivity index (χ4v) is 4.83. The molecular formula is C24H25F2N5O2. The van der Waals surface area contributed by atoms with Crippen LogP contribution in [-0.4, -0.2) is 58.5 Å². The summed E-state index contributed by atoms with van der Waals surface area (Å²) in [6.45, 7) is 0. The van der Waals surface area contributed by atoms with Crippen LogP contribution in [0.2, 0.25) is 0 Å². The van der Waals surface area contributed by atoms with Crippen LogP contribution in [0.5, 0.6) is 11.6 Å². The Morgan fingerprint density at radius 2 is 1.97 bits per heavy atom. The van der Waals surface area contributed by atoms with Gasteiger partial charge in [0.05, 0.1) is 31.2 Å². The normalized spacial score (nSPS) is 24.0. The first-order chi connectivity index (χ1) is 15.9. The first-order valence-corrected chi connectivity index (χ1v) is 10.9. The number of hydrogen-bond donors (Lipinski definition) is 2. The monoisotopic (exact) mass is 453 g/mol. The van der Waals surface area contributed by atoms with Gasteiger partial charge in [-0.05, 0) is 42.5 Å². The van der Waals surface area contributed by atoms with Crippen molar-refractivity contribution in [2.24, 2.45) is 0 Å². The SMILES string of the molecule is COc1cc(-c2ccc(-c3cnc(N(C)[C@H]4C[C@@H]5CC[C@@H](N5)[C@H]4F)cn3)c(O)c2)cc(F)n1. The highest BCUT2D eigenvalue weighted by molar-refractivity contribution is 5.74. The number of fused-ring (bicyclic) bond motifs is 2. The van der Waals surface area contributed by atoms with Crippen LogP contribution in [0.25, 0.3) is 22.4 Å². The molecule has 0 spiro atoms. The minimum absolute atomic E-state index is 0.0159. The first kappa shape index (κ1) is 21.5.